The molecule has 2 aromatic carbocycles. The van der Waals surface area contributed by atoms with Crippen LogP contribution in [0.25, 0.3) is 11.5 Å². The van der Waals surface area contributed by atoms with E-state index in [-0.39, 0.29) is 5.75 Å². The van der Waals surface area contributed by atoms with Crippen LogP contribution in [0.15, 0.2) is 53.1 Å². The van der Waals surface area contributed by atoms with Gasteiger partial charge in [0.15, 0.2) is 5.82 Å². The Hall–Kier alpha value is -2.62. The van der Waals surface area contributed by atoms with Crippen molar-refractivity contribution < 1.29 is 9.63 Å². The molecule has 1 N–H and O–H groups in total. The predicted molar refractivity (Wildman–Crippen MR) is 75.4 cm³/mol. The number of aromatic hydroxyl groups is 1. The number of benzene rings is 2. The molecule has 3 rings (SSSR count). The van der Waals surface area contributed by atoms with Gasteiger partial charge in [-0.05, 0) is 30.2 Å². The quantitative estimate of drug-likeness (QED) is 0.789. The van der Waals surface area contributed by atoms with Crippen LogP contribution >= 0.6 is 0 Å². The van der Waals surface area contributed by atoms with Crippen LogP contribution in [0.5, 0.6) is 5.75 Å². The number of phenolic OH excluding ortho intramolecular Hbond substituents is 1. The van der Waals surface area contributed by atoms with Crippen LogP contribution in [-0.2, 0) is 6.42 Å². The molecule has 0 aliphatic rings. The van der Waals surface area contributed by atoms with E-state index in [4.69, 9.17) is 4.52 Å². The van der Waals surface area contributed by atoms with Gasteiger partial charge in [0.25, 0.3) is 5.89 Å². The second kappa shape index (κ2) is 5.17. The van der Waals surface area contributed by atoms with Crippen LogP contribution in [0.2, 0.25) is 0 Å². The first-order valence-electron chi connectivity index (χ1n) is 6.39. The number of hydrogen-bond acceptors (Lipinski definition) is 4. The SMILES string of the molecule is Cc1ccc(-c2nc(Cc3ccccc3)no2)c(O)c1. The molecule has 0 aliphatic heterocycles. The highest BCUT2D eigenvalue weighted by atomic mass is 16.5. The van der Waals surface area contributed by atoms with Crippen molar-refractivity contribution in [3.05, 3.63) is 65.5 Å². The maximum atomic E-state index is 9.92. The zero-order valence-electron chi connectivity index (χ0n) is 11.1. The molecule has 0 saturated carbocycles. The van der Waals surface area contributed by atoms with Crippen molar-refractivity contribution in [3.8, 4) is 17.2 Å². The van der Waals surface area contributed by atoms with Crippen molar-refractivity contribution in [2.75, 3.05) is 0 Å². The summed E-state index contributed by atoms with van der Waals surface area (Å²) in [5.41, 5.74) is 2.66. The van der Waals surface area contributed by atoms with E-state index in [1.165, 1.54) is 0 Å². The number of hydrogen-bond donors (Lipinski definition) is 1. The standard InChI is InChI=1S/C16H14N2O2/c1-11-7-8-13(14(19)9-11)16-17-15(18-20-16)10-12-5-3-2-4-6-12/h2-9,19H,10H2,1H3. The molecule has 0 aliphatic carbocycles. The average Bonchev–Trinajstić information content (AvgIpc) is 2.88. The fourth-order valence-electron chi connectivity index (χ4n) is 2.04. The summed E-state index contributed by atoms with van der Waals surface area (Å²) in [6, 6.07) is 15.3. The zero-order valence-corrected chi connectivity index (χ0v) is 11.1. The predicted octanol–water partition coefficient (Wildman–Crippen LogP) is 3.34. The Balaban J connectivity index is 1.87. The smallest absolute Gasteiger partial charge is 0.261 e. The van der Waals surface area contributed by atoms with Crippen LogP contribution < -0.4 is 0 Å². The second-order valence-corrected chi connectivity index (χ2v) is 4.70. The monoisotopic (exact) mass is 266 g/mol. The van der Waals surface area contributed by atoms with Gasteiger partial charge in [-0.15, -0.1) is 0 Å². The number of aryl methyl sites for hydroxylation is 1. The summed E-state index contributed by atoms with van der Waals surface area (Å²) in [7, 11) is 0. The molecule has 4 nitrogen and oxygen atoms in total. The second-order valence-electron chi connectivity index (χ2n) is 4.70. The third kappa shape index (κ3) is 2.54. The molecular weight excluding hydrogens is 252 g/mol. The third-order valence-electron chi connectivity index (χ3n) is 3.06. The molecule has 0 saturated heterocycles. The Morgan fingerprint density at radius 1 is 1.10 bits per heavy atom. The molecular formula is C16H14N2O2. The molecule has 0 amide bonds. The first kappa shape index (κ1) is 12.4. The van der Waals surface area contributed by atoms with Gasteiger partial charge in [-0.25, -0.2) is 0 Å². The van der Waals surface area contributed by atoms with Gasteiger partial charge >= 0.3 is 0 Å². The van der Waals surface area contributed by atoms with Crippen molar-refractivity contribution in [1.82, 2.24) is 10.1 Å². The van der Waals surface area contributed by atoms with Crippen LogP contribution in [0.4, 0.5) is 0 Å². The van der Waals surface area contributed by atoms with E-state index >= 15 is 0 Å². The van der Waals surface area contributed by atoms with E-state index in [1.54, 1.807) is 12.1 Å². The minimum atomic E-state index is 0.153. The normalized spacial score (nSPS) is 10.7. The topological polar surface area (TPSA) is 59.2 Å². The zero-order chi connectivity index (χ0) is 13.9. The van der Waals surface area contributed by atoms with Crippen LogP contribution in [0, 0.1) is 6.92 Å². The lowest BCUT2D eigenvalue weighted by Gasteiger charge is -1.99. The van der Waals surface area contributed by atoms with Crippen molar-refractivity contribution in [2.24, 2.45) is 0 Å². The molecule has 0 bridgehead atoms. The molecule has 0 unspecified atom stereocenters. The Morgan fingerprint density at radius 3 is 2.65 bits per heavy atom. The van der Waals surface area contributed by atoms with Crippen molar-refractivity contribution in [1.29, 1.82) is 0 Å². The van der Waals surface area contributed by atoms with Gasteiger partial charge in [0.1, 0.15) is 5.75 Å². The summed E-state index contributed by atoms with van der Waals surface area (Å²) in [5, 5.41) is 13.9. The highest BCUT2D eigenvalue weighted by Crippen LogP contribution is 2.28. The maximum Gasteiger partial charge on any atom is 0.261 e. The fraction of sp³-hybridized carbons (Fsp3) is 0.125. The van der Waals surface area contributed by atoms with Gasteiger partial charge in [-0.2, -0.15) is 4.98 Å². The Kier molecular flexibility index (Phi) is 3.21. The summed E-state index contributed by atoms with van der Waals surface area (Å²) >= 11 is 0. The van der Waals surface area contributed by atoms with Crippen molar-refractivity contribution in [2.45, 2.75) is 13.3 Å². The molecule has 1 heterocycles. The highest BCUT2D eigenvalue weighted by Gasteiger charge is 2.13. The van der Waals surface area contributed by atoms with E-state index in [2.05, 4.69) is 10.1 Å². The van der Waals surface area contributed by atoms with Crippen molar-refractivity contribution in [3.63, 3.8) is 0 Å². The molecule has 0 spiro atoms. The van der Waals surface area contributed by atoms with Crippen molar-refractivity contribution >= 4 is 0 Å². The van der Waals surface area contributed by atoms with E-state index in [0.717, 1.165) is 11.1 Å². The first-order valence-corrected chi connectivity index (χ1v) is 6.39. The highest BCUT2D eigenvalue weighted by molar-refractivity contribution is 5.62. The summed E-state index contributed by atoms with van der Waals surface area (Å²) in [6.07, 6.45) is 0.608. The summed E-state index contributed by atoms with van der Waals surface area (Å²) in [6.45, 7) is 1.91. The van der Waals surface area contributed by atoms with E-state index < -0.39 is 0 Å². The molecule has 100 valence electrons. The summed E-state index contributed by atoms with van der Waals surface area (Å²) in [4.78, 5) is 4.33. The molecule has 0 fully saturated rings. The minimum absolute atomic E-state index is 0.153. The number of aromatic nitrogens is 2. The summed E-state index contributed by atoms with van der Waals surface area (Å²) < 4.78 is 5.22. The lowest BCUT2D eigenvalue weighted by molar-refractivity contribution is 0.418. The van der Waals surface area contributed by atoms with Gasteiger partial charge in [-0.3, -0.25) is 0 Å². The molecule has 1 aromatic heterocycles. The van der Waals surface area contributed by atoms with Crippen LogP contribution in [-0.4, -0.2) is 15.2 Å². The molecule has 4 heteroatoms. The number of nitrogens with zero attached hydrogens (tertiary/aromatic N) is 2. The summed E-state index contributed by atoms with van der Waals surface area (Å²) in [5.74, 6) is 1.10. The van der Waals surface area contributed by atoms with Gasteiger partial charge in [0, 0.05) is 6.42 Å². The number of rotatable bonds is 3. The third-order valence-corrected chi connectivity index (χ3v) is 3.06. The van der Waals surface area contributed by atoms with Gasteiger partial charge < -0.3 is 9.63 Å². The molecule has 20 heavy (non-hydrogen) atoms. The van der Waals surface area contributed by atoms with Crippen LogP contribution in [0.3, 0.4) is 0 Å². The van der Waals surface area contributed by atoms with Gasteiger partial charge in [-0.1, -0.05) is 41.6 Å². The van der Waals surface area contributed by atoms with E-state index in [9.17, 15) is 5.11 Å². The average molecular weight is 266 g/mol. The Labute approximate surface area is 116 Å². The molecule has 0 atom stereocenters. The van der Waals surface area contributed by atoms with Gasteiger partial charge in [0.2, 0.25) is 0 Å². The largest absolute Gasteiger partial charge is 0.507 e. The lowest BCUT2D eigenvalue weighted by atomic mass is 10.1. The first-order chi connectivity index (χ1) is 9.72. The van der Waals surface area contributed by atoms with E-state index in [0.29, 0.717) is 23.7 Å². The Morgan fingerprint density at radius 2 is 1.90 bits per heavy atom. The van der Waals surface area contributed by atoms with E-state index in [1.807, 2.05) is 43.3 Å². The Bertz CT molecular complexity index is 720. The molecule has 0 radical (unpaired) electrons. The number of phenols is 1. The lowest BCUT2D eigenvalue weighted by Crippen LogP contribution is -1.90. The minimum Gasteiger partial charge on any atom is -0.507 e. The molecule has 3 aromatic rings. The fourth-order valence-corrected chi connectivity index (χ4v) is 2.04. The maximum absolute atomic E-state index is 9.92. The van der Waals surface area contributed by atoms with Crippen LogP contribution in [0.1, 0.15) is 17.0 Å². The van der Waals surface area contributed by atoms with Gasteiger partial charge in [0.05, 0.1) is 5.56 Å².